The van der Waals surface area contributed by atoms with E-state index in [0.29, 0.717) is 17.9 Å². The SMILES string of the molecule is C=C(C)C(=O)OC(COc1ccc(OC)cc1)Cn1cc[n+](C)c1.C=Cc1ccc(S(=O)(=O)[O-])cc1. The number of esters is 1. The van der Waals surface area contributed by atoms with E-state index in [4.69, 9.17) is 14.2 Å². The Labute approximate surface area is 211 Å². The molecule has 0 saturated heterocycles. The molecule has 9 nitrogen and oxygen atoms in total. The minimum atomic E-state index is -4.31. The molecule has 0 bridgehead atoms. The zero-order valence-corrected chi connectivity index (χ0v) is 21.3. The van der Waals surface area contributed by atoms with Crippen LogP contribution in [-0.4, -0.2) is 43.3 Å². The summed E-state index contributed by atoms with van der Waals surface area (Å²) in [7, 11) is -0.771. The first-order valence-electron chi connectivity index (χ1n) is 10.8. The number of carbonyl (C=O) groups excluding carboxylic acids is 1. The molecule has 0 aliphatic heterocycles. The largest absolute Gasteiger partial charge is 0.744 e. The van der Waals surface area contributed by atoms with Crippen LogP contribution in [0.2, 0.25) is 0 Å². The molecular weight excluding hydrogens is 484 g/mol. The van der Waals surface area contributed by atoms with Gasteiger partial charge in [-0.05, 0) is 48.9 Å². The number of rotatable bonds is 10. The Morgan fingerprint density at radius 1 is 1.14 bits per heavy atom. The van der Waals surface area contributed by atoms with E-state index in [0.717, 1.165) is 11.3 Å². The van der Waals surface area contributed by atoms with E-state index in [9.17, 15) is 17.8 Å². The number of ether oxygens (including phenoxy) is 3. The van der Waals surface area contributed by atoms with Crippen molar-refractivity contribution in [1.29, 1.82) is 0 Å². The van der Waals surface area contributed by atoms with Crippen LogP contribution in [0, 0.1) is 0 Å². The van der Waals surface area contributed by atoms with Gasteiger partial charge in [-0.3, -0.25) is 0 Å². The summed E-state index contributed by atoms with van der Waals surface area (Å²) in [6.07, 6.45) is 6.89. The van der Waals surface area contributed by atoms with Gasteiger partial charge >= 0.3 is 5.97 Å². The van der Waals surface area contributed by atoms with Crippen LogP contribution in [0.3, 0.4) is 0 Å². The molecule has 0 spiro atoms. The number of methoxy groups -OCH3 is 1. The van der Waals surface area contributed by atoms with E-state index in [1.165, 1.54) is 24.3 Å². The lowest BCUT2D eigenvalue weighted by atomic mass is 10.2. The van der Waals surface area contributed by atoms with Gasteiger partial charge in [0.15, 0.2) is 6.10 Å². The highest BCUT2D eigenvalue weighted by Gasteiger charge is 2.19. The summed E-state index contributed by atoms with van der Waals surface area (Å²) in [6.45, 7) is 9.48. The Morgan fingerprint density at radius 3 is 2.22 bits per heavy atom. The Kier molecular flexibility index (Phi) is 10.4. The molecule has 0 saturated carbocycles. The lowest BCUT2D eigenvalue weighted by Crippen LogP contribution is -2.31. The summed E-state index contributed by atoms with van der Waals surface area (Å²) in [5.41, 5.74) is 1.14. The molecule has 0 aliphatic carbocycles. The van der Waals surface area contributed by atoms with Gasteiger partial charge in [-0.15, -0.1) is 0 Å². The second-order valence-electron chi connectivity index (χ2n) is 7.80. The highest BCUT2D eigenvalue weighted by Crippen LogP contribution is 2.17. The summed E-state index contributed by atoms with van der Waals surface area (Å²) >= 11 is 0. The van der Waals surface area contributed by atoms with Gasteiger partial charge in [0.1, 0.15) is 47.2 Å². The maximum atomic E-state index is 11.8. The molecule has 3 rings (SSSR count). The van der Waals surface area contributed by atoms with Crippen LogP contribution >= 0.6 is 0 Å². The molecule has 0 N–H and O–H groups in total. The molecule has 0 amide bonds. The number of aryl methyl sites for hydroxylation is 1. The Balaban J connectivity index is 0.000000319. The van der Waals surface area contributed by atoms with Crippen molar-refractivity contribution in [2.24, 2.45) is 7.05 Å². The molecular formula is C26H30N2O7S. The molecule has 1 heterocycles. The van der Waals surface area contributed by atoms with Gasteiger partial charge in [-0.2, -0.15) is 0 Å². The molecule has 0 fully saturated rings. The first-order valence-corrected chi connectivity index (χ1v) is 12.3. The molecule has 1 atom stereocenters. The van der Waals surface area contributed by atoms with Crippen molar-refractivity contribution < 1.29 is 36.5 Å². The van der Waals surface area contributed by atoms with Crippen LogP contribution < -0.4 is 14.0 Å². The second kappa shape index (κ2) is 13.3. The van der Waals surface area contributed by atoms with Gasteiger partial charge in [0, 0.05) is 5.57 Å². The van der Waals surface area contributed by atoms with Gasteiger partial charge < -0.3 is 18.8 Å². The zero-order chi connectivity index (χ0) is 26.7. The average molecular weight is 515 g/mol. The molecule has 0 aliphatic rings. The Hall–Kier alpha value is -3.89. The highest BCUT2D eigenvalue weighted by molar-refractivity contribution is 7.85. The minimum Gasteiger partial charge on any atom is -0.744 e. The van der Waals surface area contributed by atoms with Gasteiger partial charge in [0.05, 0.1) is 19.1 Å². The Morgan fingerprint density at radius 2 is 1.75 bits per heavy atom. The number of hydrogen-bond acceptors (Lipinski definition) is 7. The minimum absolute atomic E-state index is 0.215. The first-order chi connectivity index (χ1) is 17.0. The fourth-order valence-corrected chi connectivity index (χ4v) is 3.32. The van der Waals surface area contributed by atoms with Crippen molar-refractivity contribution in [2.45, 2.75) is 24.5 Å². The third-order valence-electron chi connectivity index (χ3n) is 4.76. The molecule has 36 heavy (non-hydrogen) atoms. The lowest BCUT2D eigenvalue weighted by molar-refractivity contribution is -0.671. The van der Waals surface area contributed by atoms with Crippen LogP contribution in [0.4, 0.5) is 0 Å². The van der Waals surface area contributed by atoms with E-state index in [2.05, 4.69) is 13.2 Å². The van der Waals surface area contributed by atoms with Crippen molar-refractivity contribution in [3.63, 3.8) is 0 Å². The molecule has 1 aromatic heterocycles. The zero-order valence-electron chi connectivity index (χ0n) is 20.5. The van der Waals surface area contributed by atoms with Crippen molar-refractivity contribution in [3.8, 4) is 11.5 Å². The molecule has 0 radical (unpaired) electrons. The molecule has 3 aromatic rings. The number of carbonyl (C=O) groups is 1. The molecule has 10 heteroatoms. The summed E-state index contributed by atoms with van der Waals surface area (Å²) in [5.74, 6) is 1.02. The maximum absolute atomic E-state index is 11.8. The van der Waals surface area contributed by atoms with Crippen molar-refractivity contribution >= 4 is 22.2 Å². The topological polar surface area (TPSA) is 111 Å². The summed E-state index contributed by atoms with van der Waals surface area (Å²) in [4.78, 5) is 11.6. The van der Waals surface area contributed by atoms with E-state index in [1.54, 1.807) is 20.1 Å². The number of benzene rings is 2. The summed E-state index contributed by atoms with van der Waals surface area (Å²) < 4.78 is 51.5. The molecule has 192 valence electrons. The third kappa shape index (κ3) is 9.40. The molecule has 2 aromatic carbocycles. The summed E-state index contributed by atoms with van der Waals surface area (Å²) in [6, 6.07) is 12.8. The summed E-state index contributed by atoms with van der Waals surface area (Å²) in [5, 5.41) is 0. The van der Waals surface area contributed by atoms with Crippen LogP contribution in [0.15, 0.2) is 90.9 Å². The van der Waals surface area contributed by atoms with Gasteiger partial charge in [-0.1, -0.05) is 31.4 Å². The predicted molar refractivity (Wildman–Crippen MR) is 133 cm³/mol. The van der Waals surface area contributed by atoms with Crippen molar-refractivity contribution in [1.82, 2.24) is 4.57 Å². The quantitative estimate of drug-likeness (QED) is 0.177. The number of aromatic nitrogens is 2. The van der Waals surface area contributed by atoms with Crippen LogP contribution in [0.1, 0.15) is 12.5 Å². The standard InChI is InChI=1S/C18H23N2O4.C8H8O3S/c1-14(2)18(21)24-17(11-20-10-9-19(3)13-20)12-23-16-7-5-15(22-4)6-8-16;1-2-7-3-5-8(6-4-7)12(9,10)11/h5-10,13,17H,1,11-12H2,2-4H3;2-6H,1H2,(H,9,10,11)/q+1;/p-1. The van der Waals surface area contributed by atoms with Gasteiger partial charge in [0.25, 0.3) is 0 Å². The average Bonchev–Trinajstić information content (AvgIpc) is 3.27. The second-order valence-corrected chi connectivity index (χ2v) is 9.18. The van der Waals surface area contributed by atoms with Gasteiger partial charge in [0.2, 0.25) is 6.33 Å². The first kappa shape index (κ1) is 28.3. The number of hydrogen-bond donors (Lipinski definition) is 0. The van der Waals surface area contributed by atoms with Crippen molar-refractivity contribution in [2.75, 3.05) is 13.7 Å². The smallest absolute Gasteiger partial charge is 0.333 e. The van der Waals surface area contributed by atoms with Crippen LogP contribution in [0.5, 0.6) is 11.5 Å². The Bertz CT molecular complexity index is 1260. The highest BCUT2D eigenvalue weighted by atomic mass is 32.2. The van der Waals surface area contributed by atoms with Crippen molar-refractivity contribution in [3.05, 3.63) is 91.5 Å². The fraction of sp³-hybridized carbons (Fsp3) is 0.231. The fourth-order valence-electron chi connectivity index (χ4n) is 2.85. The predicted octanol–water partition coefficient (Wildman–Crippen LogP) is 3.12. The normalized spacial score (nSPS) is 11.4. The monoisotopic (exact) mass is 514 g/mol. The van der Waals surface area contributed by atoms with Crippen LogP contribution in [-0.2, 0) is 33.2 Å². The maximum Gasteiger partial charge on any atom is 0.333 e. The van der Waals surface area contributed by atoms with Gasteiger partial charge in [-0.25, -0.2) is 22.3 Å². The van der Waals surface area contributed by atoms with E-state index in [1.807, 2.05) is 59.2 Å². The van der Waals surface area contributed by atoms with E-state index in [-0.39, 0.29) is 11.5 Å². The third-order valence-corrected chi connectivity index (χ3v) is 5.61. The van der Waals surface area contributed by atoms with Crippen LogP contribution in [0.25, 0.3) is 6.08 Å². The van der Waals surface area contributed by atoms with E-state index >= 15 is 0 Å². The lowest BCUT2D eigenvalue weighted by Gasteiger charge is -2.17. The number of imidazole rings is 1. The molecule has 1 unspecified atom stereocenters. The van der Waals surface area contributed by atoms with E-state index < -0.39 is 22.2 Å². The number of nitrogens with zero attached hydrogens (tertiary/aromatic N) is 2.